The predicted molar refractivity (Wildman–Crippen MR) is 52.3 cm³/mol. The highest BCUT2D eigenvalue weighted by atomic mass is 16.5. The van der Waals surface area contributed by atoms with E-state index >= 15 is 0 Å². The van der Waals surface area contributed by atoms with Crippen LogP contribution in [0.3, 0.4) is 0 Å². The van der Waals surface area contributed by atoms with Crippen LogP contribution in [0.1, 0.15) is 18.6 Å². The van der Waals surface area contributed by atoms with Crippen LogP contribution in [0.2, 0.25) is 0 Å². The average molecular weight is 181 g/mol. The maximum Gasteiger partial charge on any atom is 0.110 e. The molecule has 0 amide bonds. The van der Waals surface area contributed by atoms with Crippen LogP contribution in [0.25, 0.3) is 0 Å². The molecule has 72 valence electrons. The van der Waals surface area contributed by atoms with Crippen molar-refractivity contribution in [3.63, 3.8) is 0 Å². The van der Waals surface area contributed by atoms with Crippen LogP contribution >= 0.6 is 0 Å². The summed E-state index contributed by atoms with van der Waals surface area (Å²) in [6, 6.07) is 7.38. The number of rotatable bonds is 3. The van der Waals surface area contributed by atoms with Gasteiger partial charge in [-0.15, -0.1) is 0 Å². The molecule has 0 fully saturated rings. The molecule has 0 aliphatic carbocycles. The highest BCUT2D eigenvalue weighted by Crippen LogP contribution is 2.25. The quantitative estimate of drug-likeness (QED) is 0.692. The summed E-state index contributed by atoms with van der Waals surface area (Å²) >= 11 is 0. The second-order valence-electron chi connectivity index (χ2n) is 3.03. The van der Waals surface area contributed by atoms with Gasteiger partial charge in [-0.25, -0.2) is 0 Å². The number of methoxy groups -OCH3 is 1. The molecule has 0 saturated carbocycles. The minimum atomic E-state index is -0.560. The SMILES string of the molecule is CO[C@@H](c1ccccc1N)[C@H](C)O. The molecule has 0 radical (unpaired) electrons. The Labute approximate surface area is 78.1 Å². The van der Waals surface area contributed by atoms with E-state index in [1.165, 1.54) is 0 Å². The van der Waals surface area contributed by atoms with E-state index in [1.54, 1.807) is 20.1 Å². The van der Waals surface area contributed by atoms with E-state index in [0.29, 0.717) is 5.69 Å². The first kappa shape index (κ1) is 10.0. The highest BCUT2D eigenvalue weighted by molar-refractivity contribution is 5.47. The Morgan fingerprint density at radius 3 is 2.46 bits per heavy atom. The molecule has 0 heterocycles. The molecule has 0 bridgehead atoms. The van der Waals surface area contributed by atoms with Crippen LogP contribution in [0.4, 0.5) is 5.69 Å². The zero-order valence-corrected chi connectivity index (χ0v) is 7.90. The molecule has 3 nitrogen and oxygen atoms in total. The zero-order chi connectivity index (χ0) is 9.84. The summed E-state index contributed by atoms with van der Waals surface area (Å²) in [6.07, 6.45) is -0.907. The first-order valence-corrected chi connectivity index (χ1v) is 4.22. The lowest BCUT2D eigenvalue weighted by atomic mass is 10.0. The summed E-state index contributed by atoms with van der Waals surface area (Å²) in [7, 11) is 1.56. The average Bonchev–Trinajstić information content (AvgIpc) is 2.09. The van der Waals surface area contributed by atoms with Crippen molar-refractivity contribution in [2.45, 2.75) is 19.1 Å². The standard InChI is InChI=1S/C10H15NO2/c1-7(12)10(13-2)8-5-3-4-6-9(8)11/h3-7,10,12H,11H2,1-2H3/t7-,10+/m0/s1. The Morgan fingerprint density at radius 1 is 1.38 bits per heavy atom. The van der Waals surface area contributed by atoms with E-state index in [9.17, 15) is 5.11 Å². The lowest BCUT2D eigenvalue weighted by molar-refractivity contribution is -0.00304. The van der Waals surface area contributed by atoms with Gasteiger partial charge in [0.1, 0.15) is 6.10 Å². The summed E-state index contributed by atoms with van der Waals surface area (Å²) in [6.45, 7) is 1.68. The number of hydrogen-bond acceptors (Lipinski definition) is 3. The number of aliphatic hydroxyl groups is 1. The van der Waals surface area contributed by atoms with E-state index in [4.69, 9.17) is 10.5 Å². The summed E-state index contributed by atoms with van der Waals surface area (Å²) in [5.74, 6) is 0. The maximum atomic E-state index is 9.41. The third-order valence-corrected chi connectivity index (χ3v) is 1.99. The number of para-hydroxylation sites is 1. The van der Waals surface area contributed by atoms with Crippen LogP contribution in [-0.4, -0.2) is 18.3 Å². The second kappa shape index (κ2) is 4.25. The van der Waals surface area contributed by atoms with Gasteiger partial charge in [-0.2, -0.15) is 0 Å². The fourth-order valence-corrected chi connectivity index (χ4v) is 1.35. The molecule has 0 unspecified atom stereocenters. The molecule has 0 aliphatic rings. The highest BCUT2D eigenvalue weighted by Gasteiger charge is 2.18. The van der Waals surface area contributed by atoms with Gasteiger partial charge in [0.2, 0.25) is 0 Å². The summed E-state index contributed by atoms with van der Waals surface area (Å²) < 4.78 is 5.15. The van der Waals surface area contributed by atoms with Crippen molar-refractivity contribution in [1.29, 1.82) is 0 Å². The van der Waals surface area contributed by atoms with Gasteiger partial charge in [0.15, 0.2) is 0 Å². The van der Waals surface area contributed by atoms with Crippen LogP contribution in [0.15, 0.2) is 24.3 Å². The summed E-state index contributed by atoms with van der Waals surface area (Å²) in [5.41, 5.74) is 7.23. The van der Waals surface area contributed by atoms with Gasteiger partial charge >= 0.3 is 0 Å². The third-order valence-electron chi connectivity index (χ3n) is 1.99. The van der Waals surface area contributed by atoms with E-state index in [1.807, 2.05) is 18.2 Å². The summed E-state index contributed by atoms with van der Waals surface area (Å²) in [4.78, 5) is 0. The normalized spacial score (nSPS) is 15.3. The lowest BCUT2D eigenvalue weighted by Crippen LogP contribution is -2.17. The minimum Gasteiger partial charge on any atom is -0.398 e. The van der Waals surface area contributed by atoms with Crippen molar-refractivity contribution in [3.05, 3.63) is 29.8 Å². The Bertz CT molecular complexity index is 273. The lowest BCUT2D eigenvalue weighted by Gasteiger charge is -2.19. The Morgan fingerprint density at radius 2 is 2.00 bits per heavy atom. The molecule has 1 aromatic carbocycles. The molecule has 2 atom stereocenters. The van der Waals surface area contributed by atoms with Gasteiger partial charge in [-0.1, -0.05) is 18.2 Å². The fraction of sp³-hybridized carbons (Fsp3) is 0.400. The molecule has 1 aromatic rings. The van der Waals surface area contributed by atoms with Gasteiger partial charge < -0.3 is 15.6 Å². The monoisotopic (exact) mass is 181 g/mol. The van der Waals surface area contributed by atoms with E-state index < -0.39 is 6.10 Å². The first-order valence-electron chi connectivity index (χ1n) is 4.22. The van der Waals surface area contributed by atoms with Crippen molar-refractivity contribution in [2.24, 2.45) is 0 Å². The number of nitrogens with two attached hydrogens (primary N) is 1. The number of aliphatic hydroxyl groups excluding tert-OH is 1. The van der Waals surface area contributed by atoms with Gasteiger partial charge in [-0.05, 0) is 13.0 Å². The number of anilines is 1. The zero-order valence-electron chi connectivity index (χ0n) is 7.90. The molecule has 0 aliphatic heterocycles. The number of nitrogen functional groups attached to an aromatic ring is 1. The van der Waals surface area contributed by atoms with E-state index in [2.05, 4.69) is 0 Å². The smallest absolute Gasteiger partial charge is 0.110 e. The Balaban J connectivity index is 2.97. The van der Waals surface area contributed by atoms with Crippen molar-refractivity contribution in [1.82, 2.24) is 0 Å². The van der Waals surface area contributed by atoms with Crippen LogP contribution in [-0.2, 0) is 4.74 Å². The van der Waals surface area contributed by atoms with Crippen molar-refractivity contribution in [3.8, 4) is 0 Å². The molecule has 0 spiro atoms. The van der Waals surface area contributed by atoms with Crippen LogP contribution < -0.4 is 5.73 Å². The van der Waals surface area contributed by atoms with Gasteiger partial charge in [-0.3, -0.25) is 0 Å². The second-order valence-corrected chi connectivity index (χ2v) is 3.03. The van der Waals surface area contributed by atoms with Crippen molar-refractivity contribution in [2.75, 3.05) is 12.8 Å². The van der Waals surface area contributed by atoms with Crippen LogP contribution in [0, 0.1) is 0 Å². The van der Waals surface area contributed by atoms with Gasteiger partial charge in [0.05, 0.1) is 6.10 Å². The number of hydrogen-bond donors (Lipinski definition) is 2. The molecule has 3 N–H and O–H groups in total. The molecule has 1 rings (SSSR count). The Hall–Kier alpha value is -1.06. The summed E-state index contributed by atoms with van der Waals surface area (Å²) in [5, 5.41) is 9.41. The maximum absolute atomic E-state index is 9.41. The molecule has 13 heavy (non-hydrogen) atoms. The van der Waals surface area contributed by atoms with Crippen molar-refractivity contribution >= 4 is 5.69 Å². The third kappa shape index (κ3) is 2.20. The predicted octanol–water partition coefficient (Wildman–Crippen LogP) is 1.34. The molecular weight excluding hydrogens is 166 g/mol. The van der Waals surface area contributed by atoms with Crippen molar-refractivity contribution < 1.29 is 9.84 Å². The van der Waals surface area contributed by atoms with Gasteiger partial charge in [0.25, 0.3) is 0 Å². The number of ether oxygens (including phenoxy) is 1. The molecule has 0 aromatic heterocycles. The Kier molecular flexibility index (Phi) is 3.28. The van der Waals surface area contributed by atoms with E-state index in [-0.39, 0.29) is 6.10 Å². The van der Waals surface area contributed by atoms with Gasteiger partial charge in [0, 0.05) is 18.4 Å². The topological polar surface area (TPSA) is 55.5 Å². The molecule has 3 heteroatoms. The molecule has 0 saturated heterocycles. The van der Waals surface area contributed by atoms with Crippen LogP contribution in [0.5, 0.6) is 0 Å². The molecular formula is C10H15NO2. The fourth-order valence-electron chi connectivity index (χ4n) is 1.35. The largest absolute Gasteiger partial charge is 0.398 e. The first-order chi connectivity index (χ1) is 6.16. The minimum absolute atomic E-state index is 0.346. The van der Waals surface area contributed by atoms with E-state index in [0.717, 1.165) is 5.56 Å². The number of benzene rings is 1.